The largest absolute Gasteiger partial charge is 0.370 e. The van der Waals surface area contributed by atoms with Gasteiger partial charge in [-0.05, 0) is 50.9 Å². The third kappa shape index (κ3) is 3.30. The van der Waals surface area contributed by atoms with Gasteiger partial charge < -0.3 is 10.2 Å². The van der Waals surface area contributed by atoms with E-state index < -0.39 is 0 Å². The molecule has 21 heavy (non-hydrogen) atoms. The Hall–Kier alpha value is -1.32. The lowest BCUT2D eigenvalue weighted by Crippen LogP contribution is -2.29. The fraction of sp³-hybridized carbons (Fsp3) is 0.765. The summed E-state index contributed by atoms with van der Waals surface area (Å²) in [5, 5.41) is 3.46. The van der Waals surface area contributed by atoms with Gasteiger partial charge in [-0.2, -0.15) is 0 Å². The number of aromatic nitrogens is 2. The summed E-state index contributed by atoms with van der Waals surface area (Å²) in [7, 11) is 0. The molecular formula is C17H26N4. The van der Waals surface area contributed by atoms with Crippen LogP contribution in [0.4, 0.5) is 11.6 Å². The SMILES string of the molecule is CCCNc1cc(N(CC2CC2)C2CC2)nc(C2CC2)n1. The van der Waals surface area contributed by atoms with Crippen LogP contribution in [0.5, 0.6) is 0 Å². The molecule has 0 atom stereocenters. The summed E-state index contributed by atoms with van der Waals surface area (Å²) in [4.78, 5) is 12.2. The molecule has 3 aliphatic rings. The van der Waals surface area contributed by atoms with Crippen molar-refractivity contribution in [3.05, 3.63) is 11.9 Å². The first-order valence-electron chi connectivity index (χ1n) is 8.73. The number of nitrogens with one attached hydrogen (secondary N) is 1. The van der Waals surface area contributed by atoms with Crippen molar-refractivity contribution in [3.8, 4) is 0 Å². The van der Waals surface area contributed by atoms with Crippen LogP contribution in [0.15, 0.2) is 6.07 Å². The maximum atomic E-state index is 4.92. The third-order valence-corrected chi connectivity index (χ3v) is 4.66. The summed E-state index contributed by atoms with van der Waals surface area (Å²) in [5.41, 5.74) is 0. The molecule has 3 saturated carbocycles. The summed E-state index contributed by atoms with van der Waals surface area (Å²) in [6.07, 6.45) is 9.16. The predicted molar refractivity (Wildman–Crippen MR) is 85.9 cm³/mol. The minimum Gasteiger partial charge on any atom is -0.370 e. The van der Waals surface area contributed by atoms with Gasteiger partial charge in [0.25, 0.3) is 0 Å². The van der Waals surface area contributed by atoms with Gasteiger partial charge in [0.1, 0.15) is 17.5 Å². The van der Waals surface area contributed by atoms with Crippen molar-refractivity contribution in [2.24, 2.45) is 5.92 Å². The van der Waals surface area contributed by atoms with Crippen molar-refractivity contribution in [2.45, 2.75) is 63.8 Å². The Labute approximate surface area is 127 Å². The lowest BCUT2D eigenvalue weighted by Gasteiger charge is -2.24. The van der Waals surface area contributed by atoms with E-state index in [0.29, 0.717) is 5.92 Å². The van der Waals surface area contributed by atoms with Crippen LogP contribution in [-0.4, -0.2) is 29.1 Å². The highest BCUT2D eigenvalue weighted by Crippen LogP contribution is 2.41. The highest BCUT2D eigenvalue weighted by Gasteiger charge is 2.35. The Balaban J connectivity index is 1.59. The van der Waals surface area contributed by atoms with Crippen molar-refractivity contribution >= 4 is 11.6 Å². The van der Waals surface area contributed by atoms with E-state index in [-0.39, 0.29) is 0 Å². The summed E-state index contributed by atoms with van der Waals surface area (Å²) in [5.74, 6) is 4.82. The number of rotatable bonds is 8. The normalized spacial score (nSPS) is 21.4. The molecule has 1 N–H and O–H groups in total. The molecule has 0 aliphatic heterocycles. The highest BCUT2D eigenvalue weighted by atomic mass is 15.3. The minimum absolute atomic E-state index is 0.620. The van der Waals surface area contributed by atoms with Crippen LogP contribution in [0.25, 0.3) is 0 Å². The maximum absolute atomic E-state index is 4.92. The Bertz CT molecular complexity index is 504. The van der Waals surface area contributed by atoms with E-state index in [4.69, 9.17) is 9.97 Å². The van der Waals surface area contributed by atoms with E-state index in [1.54, 1.807) is 0 Å². The molecule has 1 aromatic heterocycles. The van der Waals surface area contributed by atoms with E-state index in [0.717, 1.165) is 36.6 Å². The summed E-state index contributed by atoms with van der Waals surface area (Å²) in [6, 6.07) is 2.92. The van der Waals surface area contributed by atoms with Crippen LogP contribution in [0.3, 0.4) is 0 Å². The fourth-order valence-electron chi connectivity index (χ4n) is 2.86. The van der Waals surface area contributed by atoms with Crippen molar-refractivity contribution < 1.29 is 0 Å². The van der Waals surface area contributed by atoms with Gasteiger partial charge in [0, 0.05) is 31.1 Å². The van der Waals surface area contributed by atoms with Crippen LogP contribution >= 0.6 is 0 Å². The highest BCUT2D eigenvalue weighted by molar-refractivity contribution is 5.51. The molecule has 4 rings (SSSR count). The molecule has 0 radical (unpaired) electrons. The molecule has 1 heterocycles. The van der Waals surface area contributed by atoms with E-state index in [9.17, 15) is 0 Å². The van der Waals surface area contributed by atoms with E-state index in [1.807, 2.05) is 0 Å². The summed E-state index contributed by atoms with van der Waals surface area (Å²) < 4.78 is 0. The molecular weight excluding hydrogens is 260 g/mol. The second-order valence-electron chi connectivity index (χ2n) is 7.00. The zero-order valence-corrected chi connectivity index (χ0v) is 13.0. The van der Waals surface area contributed by atoms with Gasteiger partial charge in [-0.3, -0.25) is 0 Å². The molecule has 0 bridgehead atoms. The number of nitrogens with zero attached hydrogens (tertiary/aromatic N) is 3. The van der Waals surface area contributed by atoms with E-state index in [1.165, 1.54) is 50.9 Å². The topological polar surface area (TPSA) is 41.0 Å². The van der Waals surface area contributed by atoms with Gasteiger partial charge in [-0.25, -0.2) is 9.97 Å². The first-order valence-corrected chi connectivity index (χ1v) is 8.73. The third-order valence-electron chi connectivity index (χ3n) is 4.66. The molecule has 4 nitrogen and oxygen atoms in total. The molecule has 114 valence electrons. The molecule has 3 fully saturated rings. The summed E-state index contributed by atoms with van der Waals surface area (Å²) >= 11 is 0. The standard InChI is InChI=1S/C17H26N4/c1-2-9-18-15-10-16(20-17(19-15)13-5-6-13)21(14-7-8-14)11-12-3-4-12/h10,12-14H,2-9,11H2,1H3,(H,18,19,20). The lowest BCUT2D eigenvalue weighted by atomic mass is 10.3. The smallest absolute Gasteiger partial charge is 0.136 e. The number of hydrogen-bond acceptors (Lipinski definition) is 4. The quantitative estimate of drug-likeness (QED) is 0.793. The maximum Gasteiger partial charge on any atom is 0.136 e. The molecule has 4 heteroatoms. The second kappa shape index (κ2) is 5.47. The molecule has 0 unspecified atom stereocenters. The van der Waals surface area contributed by atoms with Crippen molar-refractivity contribution in [2.75, 3.05) is 23.3 Å². The van der Waals surface area contributed by atoms with Gasteiger partial charge >= 0.3 is 0 Å². The van der Waals surface area contributed by atoms with Gasteiger partial charge in [0.2, 0.25) is 0 Å². The molecule has 0 amide bonds. The second-order valence-corrected chi connectivity index (χ2v) is 7.00. The molecule has 0 saturated heterocycles. The Morgan fingerprint density at radius 2 is 1.95 bits per heavy atom. The van der Waals surface area contributed by atoms with Gasteiger partial charge in [-0.15, -0.1) is 0 Å². The number of hydrogen-bond donors (Lipinski definition) is 1. The molecule has 0 spiro atoms. The first kappa shape index (κ1) is 13.4. The number of anilines is 2. The zero-order chi connectivity index (χ0) is 14.2. The van der Waals surface area contributed by atoms with Crippen molar-refractivity contribution in [1.82, 2.24) is 9.97 Å². The lowest BCUT2D eigenvalue weighted by molar-refractivity contribution is 0.703. The predicted octanol–water partition coefficient (Wildman–Crippen LogP) is 3.55. The van der Waals surface area contributed by atoms with Crippen LogP contribution in [0.2, 0.25) is 0 Å². The van der Waals surface area contributed by atoms with Crippen LogP contribution < -0.4 is 10.2 Å². The monoisotopic (exact) mass is 286 g/mol. The molecule has 0 aromatic carbocycles. The fourth-order valence-corrected chi connectivity index (χ4v) is 2.86. The average Bonchev–Trinajstić information content (AvgIpc) is 3.37. The zero-order valence-electron chi connectivity index (χ0n) is 13.0. The van der Waals surface area contributed by atoms with Crippen LogP contribution in [0.1, 0.15) is 63.6 Å². The summed E-state index contributed by atoms with van der Waals surface area (Å²) in [6.45, 7) is 4.39. The van der Waals surface area contributed by atoms with Gasteiger partial charge in [0.15, 0.2) is 0 Å². The van der Waals surface area contributed by atoms with Gasteiger partial charge in [0.05, 0.1) is 0 Å². The van der Waals surface area contributed by atoms with Gasteiger partial charge in [-0.1, -0.05) is 6.92 Å². The Morgan fingerprint density at radius 3 is 2.57 bits per heavy atom. The van der Waals surface area contributed by atoms with E-state index >= 15 is 0 Å². The Kier molecular flexibility index (Phi) is 3.48. The van der Waals surface area contributed by atoms with Crippen molar-refractivity contribution in [1.29, 1.82) is 0 Å². The minimum atomic E-state index is 0.620. The molecule has 3 aliphatic carbocycles. The Morgan fingerprint density at radius 1 is 1.14 bits per heavy atom. The van der Waals surface area contributed by atoms with E-state index in [2.05, 4.69) is 23.2 Å². The van der Waals surface area contributed by atoms with Crippen LogP contribution in [-0.2, 0) is 0 Å². The van der Waals surface area contributed by atoms with Crippen molar-refractivity contribution in [3.63, 3.8) is 0 Å². The first-order chi connectivity index (χ1) is 10.3. The van der Waals surface area contributed by atoms with Crippen LogP contribution in [0, 0.1) is 5.92 Å². The average molecular weight is 286 g/mol. The molecule has 1 aromatic rings.